The summed E-state index contributed by atoms with van der Waals surface area (Å²) in [6.07, 6.45) is -8.26. The number of carbonyl (C=O) groups excluding carboxylic acids is 3. The largest absolute Gasteiger partial charge is 0.463 e. The van der Waals surface area contributed by atoms with Crippen molar-refractivity contribution in [3.8, 4) is 0 Å². The molecule has 1 aliphatic carbocycles. The standard InChI is InChI=1S/C33H38N2O11/c1-5-12-22-19(2)44-30-33(41,29(22)38)46-27-24(35(4)32(40)43-18-21-15-10-7-11-16-21)25(36)23(26(37)28(27)45-30)34(3)31(39)42-17-20-13-8-6-9-14-20/h5-11,13-16,22-28,30,36-37,41H,1-2,12,17-18H2,3-4H3/t22?,23-,24+,25+,26+,27-,28-,30+,33+/m1/s1. The second kappa shape index (κ2) is 13.6. The topological polar surface area (TPSA) is 165 Å². The van der Waals surface area contributed by atoms with E-state index in [2.05, 4.69) is 13.2 Å². The number of fused-ring (bicyclic) bond motifs is 2. The fraction of sp³-hybridized carbons (Fsp3) is 0.424. The molecule has 46 heavy (non-hydrogen) atoms. The predicted molar refractivity (Wildman–Crippen MR) is 160 cm³/mol. The lowest BCUT2D eigenvalue weighted by atomic mass is 9.78. The van der Waals surface area contributed by atoms with Crippen LogP contribution in [-0.2, 0) is 41.7 Å². The summed E-state index contributed by atoms with van der Waals surface area (Å²) < 4.78 is 28.5. The Morgan fingerprint density at radius 3 is 1.93 bits per heavy atom. The van der Waals surface area contributed by atoms with Gasteiger partial charge in [0.1, 0.15) is 43.4 Å². The lowest BCUT2D eigenvalue weighted by Crippen LogP contribution is -2.78. The minimum absolute atomic E-state index is 0.00303. The summed E-state index contributed by atoms with van der Waals surface area (Å²) in [7, 11) is 2.64. The molecular weight excluding hydrogens is 600 g/mol. The first-order valence-corrected chi connectivity index (χ1v) is 14.8. The highest BCUT2D eigenvalue weighted by molar-refractivity contribution is 5.91. The summed E-state index contributed by atoms with van der Waals surface area (Å²) in [5.41, 5.74) is 1.42. The molecule has 2 aliphatic heterocycles. The monoisotopic (exact) mass is 638 g/mol. The van der Waals surface area contributed by atoms with Gasteiger partial charge in [-0.1, -0.05) is 73.3 Å². The molecule has 9 atom stereocenters. The van der Waals surface area contributed by atoms with Gasteiger partial charge in [-0.15, -0.1) is 6.58 Å². The summed E-state index contributed by atoms with van der Waals surface area (Å²) in [6, 6.07) is 15.0. The van der Waals surface area contributed by atoms with Crippen LogP contribution in [0.25, 0.3) is 0 Å². The van der Waals surface area contributed by atoms with Gasteiger partial charge in [-0.25, -0.2) is 9.59 Å². The Bertz CT molecular complexity index is 1440. The number of nitrogens with zero attached hydrogens (tertiary/aromatic N) is 2. The maximum atomic E-state index is 13.5. The first kappa shape index (κ1) is 33.1. The molecule has 13 nitrogen and oxygen atoms in total. The Balaban J connectivity index is 1.44. The predicted octanol–water partition coefficient (Wildman–Crippen LogP) is 2.10. The van der Waals surface area contributed by atoms with E-state index in [-0.39, 0.29) is 25.4 Å². The number of ether oxygens (including phenoxy) is 5. The Morgan fingerprint density at radius 1 is 0.891 bits per heavy atom. The highest BCUT2D eigenvalue weighted by Gasteiger charge is 2.67. The van der Waals surface area contributed by atoms with E-state index >= 15 is 0 Å². The number of hydrogen-bond donors (Lipinski definition) is 3. The minimum atomic E-state index is -2.68. The van der Waals surface area contributed by atoms with Crippen molar-refractivity contribution in [2.75, 3.05) is 14.1 Å². The van der Waals surface area contributed by atoms with Crippen molar-refractivity contribution in [2.45, 2.75) is 68.2 Å². The van der Waals surface area contributed by atoms with Crippen molar-refractivity contribution >= 4 is 18.0 Å². The lowest BCUT2D eigenvalue weighted by Gasteiger charge is -2.57. The second-order valence-electron chi connectivity index (χ2n) is 11.5. The van der Waals surface area contributed by atoms with Crippen molar-refractivity contribution in [1.29, 1.82) is 0 Å². The number of ketones is 1. The summed E-state index contributed by atoms with van der Waals surface area (Å²) in [5.74, 6) is -4.52. The van der Waals surface area contributed by atoms with Gasteiger partial charge in [0.2, 0.25) is 5.78 Å². The Morgan fingerprint density at radius 2 is 1.41 bits per heavy atom. The zero-order chi connectivity index (χ0) is 33.2. The first-order chi connectivity index (χ1) is 22.0. The lowest BCUT2D eigenvalue weighted by molar-refractivity contribution is -0.413. The molecule has 1 unspecified atom stereocenters. The smallest absolute Gasteiger partial charge is 0.410 e. The average molecular weight is 639 g/mol. The summed E-state index contributed by atoms with van der Waals surface area (Å²) in [5, 5.41) is 34.9. The summed E-state index contributed by atoms with van der Waals surface area (Å²) >= 11 is 0. The molecule has 2 saturated heterocycles. The van der Waals surface area contributed by atoms with Crippen molar-refractivity contribution in [3.63, 3.8) is 0 Å². The van der Waals surface area contributed by atoms with Crippen LogP contribution in [0.2, 0.25) is 0 Å². The maximum Gasteiger partial charge on any atom is 0.410 e. The van der Waals surface area contributed by atoms with Crippen LogP contribution in [-0.4, -0.2) is 106 Å². The molecule has 2 amide bonds. The zero-order valence-corrected chi connectivity index (χ0v) is 25.5. The normalized spacial score (nSPS) is 31.8. The molecule has 5 rings (SSSR count). The summed E-state index contributed by atoms with van der Waals surface area (Å²) in [4.78, 5) is 42.0. The number of rotatable bonds is 8. The second-order valence-corrected chi connectivity index (χ2v) is 11.5. The Hall–Kier alpha value is -4.27. The average Bonchev–Trinajstić information content (AvgIpc) is 3.05. The SMILES string of the molecule is C=CCC1C(=C)O[C@H]2O[C@@H]3[C@@H](O)[C@H](N(C)C(=O)OCc4ccccc4)[C@H](O)[C@H](N(C)C(=O)OCc4ccccc4)[C@H]3O[C@@]2(O)C1=O. The molecule has 2 aromatic carbocycles. The molecule has 0 bridgehead atoms. The Labute approximate surface area is 266 Å². The minimum Gasteiger partial charge on any atom is -0.463 e. The van der Waals surface area contributed by atoms with E-state index in [4.69, 9.17) is 23.7 Å². The number of allylic oxidation sites excluding steroid dienone is 2. The van der Waals surface area contributed by atoms with Gasteiger partial charge < -0.3 is 48.8 Å². The molecule has 13 heteroatoms. The third kappa shape index (κ3) is 6.24. The van der Waals surface area contributed by atoms with Crippen molar-refractivity contribution < 1.29 is 53.4 Å². The highest BCUT2D eigenvalue weighted by Crippen LogP contribution is 2.44. The molecule has 2 heterocycles. The number of benzene rings is 2. The number of likely N-dealkylation sites (N-methyl/N-ethyl adjacent to an activating group) is 2. The molecule has 2 aromatic rings. The van der Waals surface area contributed by atoms with Crippen LogP contribution in [0.5, 0.6) is 0 Å². The molecule has 3 N–H and O–H groups in total. The fourth-order valence-corrected chi connectivity index (χ4v) is 6.07. The molecule has 0 aromatic heterocycles. The third-order valence-electron chi connectivity index (χ3n) is 8.56. The van der Waals surface area contributed by atoms with Crippen molar-refractivity contribution in [3.05, 3.63) is 96.8 Å². The molecule has 3 fully saturated rings. The van der Waals surface area contributed by atoms with E-state index in [1.54, 1.807) is 48.5 Å². The van der Waals surface area contributed by atoms with Crippen LogP contribution in [0, 0.1) is 5.92 Å². The van der Waals surface area contributed by atoms with Gasteiger partial charge in [0.05, 0.1) is 18.0 Å². The van der Waals surface area contributed by atoms with E-state index in [1.807, 2.05) is 12.1 Å². The van der Waals surface area contributed by atoms with Crippen LogP contribution < -0.4 is 0 Å². The van der Waals surface area contributed by atoms with E-state index < -0.39 is 72.5 Å². The first-order valence-electron chi connectivity index (χ1n) is 14.8. The van der Waals surface area contributed by atoms with Gasteiger partial charge >= 0.3 is 12.2 Å². The maximum absolute atomic E-state index is 13.5. The van der Waals surface area contributed by atoms with Crippen LogP contribution >= 0.6 is 0 Å². The van der Waals surface area contributed by atoms with E-state index in [0.717, 1.165) is 9.80 Å². The van der Waals surface area contributed by atoms with Crippen LogP contribution in [0.15, 0.2) is 85.7 Å². The third-order valence-corrected chi connectivity index (χ3v) is 8.56. The van der Waals surface area contributed by atoms with Gasteiger partial charge in [-0.05, 0) is 17.5 Å². The van der Waals surface area contributed by atoms with Crippen molar-refractivity contribution in [2.24, 2.45) is 5.92 Å². The molecule has 3 aliphatic rings. The Kier molecular flexibility index (Phi) is 9.79. The summed E-state index contributed by atoms with van der Waals surface area (Å²) in [6.45, 7) is 7.22. The number of amides is 2. The number of aliphatic hydroxyl groups is 3. The molecule has 0 radical (unpaired) electrons. The van der Waals surface area contributed by atoms with Crippen LogP contribution in [0.3, 0.4) is 0 Å². The zero-order valence-electron chi connectivity index (χ0n) is 25.5. The van der Waals surface area contributed by atoms with Gasteiger partial charge in [-0.2, -0.15) is 0 Å². The highest BCUT2D eigenvalue weighted by atomic mass is 16.8. The molecular formula is C33H38N2O11. The number of aliphatic hydroxyl groups excluding tert-OH is 2. The van der Waals surface area contributed by atoms with Crippen LogP contribution in [0.4, 0.5) is 9.59 Å². The van der Waals surface area contributed by atoms with E-state index in [0.29, 0.717) is 11.1 Å². The van der Waals surface area contributed by atoms with Gasteiger partial charge in [0.25, 0.3) is 12.1 Å². The van der Waals surface area contributed by atoms with Gasteiger partial charge in [-0.3, -0.25) is 4.79 Å². The van der Waals surface area contributed by atoms with E-state index in [1.165, 1.54) is 20.2 Å². The quantitative estimate of drug-likeness (QED) is 0.363. The van der Waals surface area contributed by atoms with Gasteiger partial charge in [0, 0.05) is 14.1 Å². The van der Waals surface area contributed by atoms with Gasteiger partial charge in [0.15, 0.2) is 0 Å². The van der Waals surface area contributed by atoms with E-state index in [9.17, 15) is 29.7 Å². The van der Waals surface area contributed by atoms with Crippen molar-refractivity contribution in [1.82, 2.24) is 9.80 Å². The number of hydrogen-bond acceptors (Lipinski definition) is 11. The molecule has 246 valence electrons. The number of carbonyl (C=O) groups is 3. The molecule has 0 spiro atoms. The van der Waals surface area contributed by atoms with Crippen LogP contribution in [0.1, 0.15) is 17.5 Å². The molecule has 1 saturated carbocycles. The fourth-order valence-electron chi connectivity index (χ4n) is 6.07. The number of Topliss-reactive ketones (excluding diaryl/α,β-unsaturated/α-hetero) is 1.